The lowest BCUT2D eigenvalue weighted by Crippen LogP contribution is -2.20. The zero-order valence-electron chi connectivity index (χ0n) is 22.2. The normalized spacial score (nSPS) is 11.4. The predicted octanol–water partition coefficient (Wildman–Crippen LogP) is 7.05. The van der Waals surface area contributed by atoms with Crippen LogP contribution in [0.1, 0.15) is 11.1 Å². The molecule has 0 aliphatic carbocycles. The Morgan fingerprint density at radius 2 is 1.68 bits per heavy atom. The number of aromatic nitrogens is 2. The predicted molar refractivity (Wildman–Crippen MR) is 162 cm³/mol. The van der Waals surface area contributed by atoms with Gasteiger partial charge < -0.3 is 18.6 Å². The van der Waals surface area contributed by atoms with Crippen molar-refractivity contribution in [3.63, 3.8) is 0 Å². The molecule has 6 rings (SSSR count). The van der Waals surface area contributed by atoms with Crippen molar-refractivity contribution in [2.24, 2.45) is 5.10 Å². The van der Waals surface area contributed by atoms with Crippen molar-refractivity contribution in [3.05, 3.63) is 117 Å². The molecule has 0 fully saturated rings. The van der Waals surface area contributed by atoms with E-state index in [1.54, 1.807) is 44.7 Å². The number of halogens is 1. The van der Waals surface area contributed by atoms with Crippen molar-refractivity contribution < 1.29 is 18.6 Å². The first-order valence-electron chi connectivity index (χ1n) is 12.7. The minimum atomic E-state index is -0.344. The third kappa shape index (κ3) is 5.19. The van der Waals surface area contributed by atoms with Crippen LogP contribution in [0.15, 0.2) is 110 Å². The van der Waals surface area contributed by atoms with E-state index in [9.17, 15) is 4.79 Å². The summed E-state index contributed by atoms with van der Waals surface area (Å²) < 4.78 is 25.4. The van der Waals surface area contributed by atoms with Gasteiger partial charge in [-0.05, 0) is 48.0 Å². The van der Waals surface area contributed by atoms with Crippen LogP contribution in [0.2, 0.25) is 0 Å². The van der Waals surface area contributed by atoms with Gasteiger partial charge in [0, 0.05) is 10.0 Å². The van der Waals surface area contributed by atoms with Gasteiger partial charge in [-0.3, -0.25) is 4.79 Å². The highest BCUT2D eigenvalue weighted by Crippen LogP contribution is 2.35. The molecule has 8 nitrogen and oxygen atoms in total. The van der Waals surface area contributed by atoms with Crippen LogP contribution in [0.3, 0.4) is 0 Å². The molecule has 41 heavy (non-hydrogen) atoms. The van der Waals surface area contributed by atoms with Crippen LogP contribution in [0, 0.1) is 0 Å². The molecule has 0 N–H and O–H groups in total. The van der Waals surface area contributed by atoms with Crippen molar-refractivity contribution in [2.75, 3.05) is 14.2 Å². The van der Waals surface area contributed by atoms with Gasteiger partial charge in [0.2, 0.25) is 5.82 Å². The van der Waals surface area contributed by atoms with Crippen LogP contribution in [0.25, 0.3) is 33.5 Å². The maximum atomic E-state index is 13.7. The largest absolute Gasteiger partial charge is 0.496 e. The van der Waals surface area contributed by atoms with E-state index in [4.69, 9.17) is 23.6 Å². The lowest BCUT2D eigenvalue weighted by atomic mass is 10.2. The minimum Gasteiger partial charge on any atom is -0.496 e. The average Bonchev–Trinajstić information content (AvgIpc) is 3.45. The number of rotatable bonds is 8. The zero-order chi connectivity index (χ0) is 28.3. The summed E-state index contributed by atoms with van der Waals surface area (Å²) >= 11 is 3.54. The van der Waals surface area contributed by atoms with E-state index in [-0.39, 0.29) is 11.4 Å². The fourth-order valence-corrected chi connectivity index (χ4v) is 5.01. The van der Waals surface area contributed by atoms with E-state index in [1.165, 1.54) is 4.68 Å². The van der Waals surface area contributed by atoms with Gasteiger partial charge >= 0.3 is 0 Å². The Balaban J connectivity index is 1.50. The molecule has 2 aromatic heterocycles. The highest BCUT2D eigenvalue weighted by molar-refractivity contribution is 9.10. The molecular weight excluding hydrogens is 586 g/mol. The summed E-state index contributed by atoms with van der Waals surface area (Å²) in [6, 6.07) is 27.9. The van der Waals surface area contributed by atoms with Gasteiger partial charge in [-0.1, -0.05) is 64.5 Å². The van der Waals surface area contributed by atoms with Crippen molar-refractivity contribution in [2.45, 2.75) is 6.61 Å². The molecule has 0 spiro atoms. The van der Waals surface area contributed by atoms with Crippen molar-refractivity contribution in [3.8, 4) is 28.8 Å². The number of furan rings is 1. The molecule has 0 saturated heterocycles. The van der Waals surface area contributed by atoms with Crippen LogP contribution in [0.4, 0.5) is 0 Å². The smallest absolute Gasteiger partial charge is 0.282 e. The first kappa shape index (κ1) is 26.3. The van der Waals surface area contributed by atoms with E-state index in [1.807, 2.05) is 66.7 Å². The number of nitrogens with zero attached hydrogens (tertiary/aromatic N) is 3. The molecular formula is C32H24BrN3O5. The van der Waals surface area contributed by atoms with E-state index >= 15 is 0 Å². The molecule has 9 heteroatoms. The number of benzene rings is 4. The van der Waals surface area contributed by atoms with Gasteiger partial charge in [-0.15, -0.1) is 0 Å². The third-order valence-electron chi connectivity index (χ3n) is 6.52. The lowest BCUT2D eigenvalue weighted by Gasteiger charge is -2.14. The summed E-state index contributed by atoms with van der Waals surface area (Å²) in [5.74, 6) is 2.27. The number of ether oxygens (including phenoxy) is 3. The highest BCUT2D eigenvalue weighted by atomic mass is 79.9. The summed E-state index contributed by atoms with van der Waals surface area (Å²) in [5, 5.41) is 5.80. The van der Waals surface area contributed by atoms with Gasteiger partial charge in [-0.25, -0.2) is 4.98 Å². The van der Waals surface area contributed by atoms with Crippen LogP contribution in [-0.2, 0) is 6.61 Å². The Labute approximate surface area is 243 Å². The Kier molecular flexibility index (Phi) is 7.26. The second kappa shape index (κ2) is 11.3. The van der Waals surface area contributed by atoms with Gasteiger partial charge in [0.25, 0.3) is 5.56 Å². The number of hydrogen-bond donors (Lipinski definition) is 0. The van der Waals surface area contributed by atoms with Crippen molar-refractivity contribution >= 4 is 44.0 Å². The molecule has 0 unspecified atom stereocenters. The Bertz CT molecular complexity index is 1960. The molecule has 0 amide bonds. The van der Waals surface area contributed by atoms with Crippen LogP contribution < -0.4 is 19.8 Å². The Hall–Kier alpha value is -4.89. The zero-order valence-corrected chi connectivity index (χ0v) is 23.8. The lowest BCUT2D eigenvalue weighted by molar-refractivity contribution is 0.284. The summed E-state index contributed by atoms with van der Waals surface area (Å²) in [6.07, 6.45) is 1.55. The van der Waals surface area contributed by atoms with Crippen molar-refractivity contribution in [1.29, 1.82) is 0 Å². The second-order valence-corrected chi connectivity index (χ2v) is 10.0. The van der Waals surface area contributed by atoms with Gasteiger partial charge in [0.1, 0.15) is 17.9 Å². The molecule has 0 saturated carbocycles. The molecule has 0 bridgehead atoms. The molecule has 2 heterocycles. The fraction of sp³-hybridized carbons (Fsp3) is 0.0938. The summed E-state index contributed by atoms with van der Waals surface area (Å²) in [7, 11) is 3.17. The monoisotopic (exact) mass is 609 g/mol. The molecule has 6 aromatic rings. The van der Waals surface area contributed by atoms with E-state index in [2.05, 4.69) is 21.0 Å². The number of hydrogen-bond acceptors (Lipinski definition) is 7. The second-order valence-electron chi connectivity index (χ2n) is 9.10. The minimum absolute atomic E-state index is 0.247. The van der Waals surface area contributed by atoms with E-state index < -0.39 is 0 Å². The molecule has 0 atom stereocenters. The van der Waals surface area contributed by atoms with Crippen LogP contribution in [-0.4, -0.2) is 30.1 Å². The van der Waals surface area contributed by atoms with Crippen LogP contribution in [0.5, 0.6) is 17.2 Å². The Morgan fingerprint density at radius 3 is 2.49 bits per heavy atom. The summed E-state index contributed by atoms with van der Waals surface area (Å²) in [4.78, 5) is 18.5. The standard InChI is InChI=1S/C32H24BrN3O5/c1-38-26-13-8-14-27-24(26)17-29(41-27)31-35-25-12-7-6-11-23(25)32(37)36(31)34-18-21-15-22(33)16-28(39-2)30(21)40-19-20-9-4-3-5-10-20/h3-18H,19H2,1-2H3. The Morgan fingerprint density at radius 1 is 0.902 bits per heavy atom. The fourth-order valence-electron chi connectivity index (χ4n) is 4.55. The van der Waals surface area contributed by atoms with Crippen molar-refractivity contribution in [1.82, 2.24) is 9.66 Å². The quantitative estimate of drug-likeness (QED) is 0.172. The van der Waals surface area contributed by atoms with E-state index in [0.29, 0.717) is 51.7 Å². The number of methoxy groups -OCH3 is 2. The number of para-hydroxylation sites is 1. The average molecular weight is 610 g/mol. The SMILES string of the molecule is COc1cc(Br)cc(C=Nn2c(-c3cc4c(OC)cccc4o3)nc3ccccc3c2=O)c1OCc1ccccc1. The van der Waals surface area contributed by atoms with Crippen LogP contribution >= 0.6 is 15.9 Å². The highest BCUT2D eigenvalue weighted by Gasteiger charge is 2.19. The van der Waals surface area contributed by atoms with Gasteiger partial charge in [-0.2, -0.15) is 9.78 Å². The number of fused-ring (bicyclic) bond motifs is 2. The van der Waals surface area contributed by atoms with Gasteiger partial charge in [0.05, 0.1) is 36.7 Å². The molecule has 0 radical (unpaired) electrons. The molecule has 204 valence electrons. The topological polar surface area (TPSA) is 88.1 Å². The molecule has 0 aliphatic heterocycles. The first-order chi connectivity index (χ1) is 20.1. The first-order valence-corrected chi connectivity index (χ1v) is 13.5. The summed E-state index contributed by atoms with van der Waals surface area (Å²) in [6.45, 7) is 0.323. The maximum absolute atomic E-state index is 13.7. The third-order valence-corrected chi connectivity index (χ3v) is 6.98. The van der Waals surface area contributed by atoms with E-state index in [0.717, 1.165) is 15.4 Å². The summed E-state index contributed by atoms with van der Waals surface area (Å²) in [5.41, 5.74) is 2.39. The molecule has 4 aromatic carbocycles. The maximum Gasteiger partial charge on any atom is 0.282 e. The molecule has 0 aliphatic rings. The van der Waals surface area contributed by atoms with Gasteiger partial charge in [0.15, 0.2) is 17.3 Å².